The summed E-state index contributed by atoms with van der Waals surface area (Å²) in [6.45, 7) is 9.48. The number of hydrogen-bond acceptors (Lipinski definition) is 3. The summed E-state index contributed by atoms with van der Waals surface area (Å²) < 4.78 is 0. The van der Waals surface area contributed by atoms with Crippen molar-refractivity contribution in [2.75, 3.05) is 26.7 Å². The van der Waals surface area contributed by atoms with Crippen molar-refractivity contribution in [3.05, 3.63) is 0 Å². The zero-order chi connectivity index (χ0) is 14.3. The Morgan fingerprint density at radius 3 is 2.32 bits per heavy atom. The maximum absolute atomic E-state index is 12.2. The van der Waals surface area contributed by atoms with Gasteiger partial charge >= 0.3 is 0 Å². The number of hydrogen-bond donors (Lipinski definition) is 2. The van der Waals surface area contributed by atoms with Crippen molar-refractivity contribution >= 4 is 5.91 Å². The van der Waals surface area contributed by atoms with Gasteiger partial charge in [0, 0.05) is 6.04 Å². The molecule has 0 spiro atoms. The first-order valence-corrected chi connectivity index (χ1v) is 7.81. The second-order valence-electron chi connectivity index (χ2n) is 5.74. The molecular formula is C15H31N3O. The molecule has 0 radical (unpaired) electrons. The lowest BCUT2D eigenvalue weighted by Gasteiger charge is -2.35. The monoisotopic (exact) mass is 269 g/mol. The second kappa shape index (κ2) is 8.54. The highest BCUT2D eigenvalue weighted by molar-refractivity contribution is 5.81. The molecule has 1 rings (SSSR count). The van der Waals surface area contributed by atoms with Gasteiger partial charge in [0.1, 0.15) is 0 Å². The Morgan fingerprint density at radius 1 is 1.26 bits per heavy atom. The van der Waals surface area contributed by atoms with Crippen LogP contribution in [0.25, 0.3) is 0 Å². The number of nitrogens with zero attached hydrogens (tertiary/aromatic N) is 1. The Bertz CT molecular complexity index is 258. The molecule has 1 aliphatic rings. The largest absolute Gasteiger partial charge is 0.352 e. The molecule has 2 N–H and O–H groups in total. The van der Waals surface area contributed by atoms with Crippen LogP contribution < -0.4 is 10.6 Å². The molecule has 19 heavy (non-hydrogen) atoms. The average molecular weight is 269 g/mol. The van der Waals surface area contributed by atoms with E-state index in [4.69, 9.17) is 0 Å². The van der Waals surface area contributed by atoms with Crippen molar-refractivity contribution in [1.29, 1.82) is 0 Å². The standard InChI is InChI=1S/C15H31N3O/c1-5-14(6-2)17-15(19)12(3)18-9-7-13(8-10-18)11-16-4/h12-14,16H,5-11H2,1-4H3,(H,17,19). The van der Waals surface area contributed by atoms with Crippen LogP contribution in [-0.2, 0) is 4.79 Å². The van der Waals surface area contributed by atoms with E-state index < -0.39 is 0 Å². The van der Waals surface area contributed by atoms with Gasteiger partial charge in [0.25, 0.3) is 0 Å². The molecular weight excluding hydrogens is 238 g/mol. The van der Waals surface area contributed by atoms with E-state index in [0.29, 0.717) is 6.04 Å². The van der Waals surface area contributed by atoms with Crippen molar-refractivity contribution in [3.8, 4) is 0 Å². The molecule has 1 unspecified atom stereocenters. The normalized spacial score (nSPS) is 19.6. The number of amides is 1. The molecule has 4 heteroatoms. The maximum Gasteiger partial charge on any atom is 0.237 e. The van der Waals surface area contributed by atoms with Crippen LogP contribution in [0.2, 0.25) is 0 Å². The van der Waals surface area contributed by atoms with Gasteiger partial charge in [-0.05, 0) is 65.2 Å². The van der Waals surface area contributed by atoms with Gasteiger partial charge in [-0.3, -0.25) is 9.69 Å². The Balaban J connectivity index is 2.37. The highest BCUT2D eigenvalue weighted by Gasteiger charge is 2.26. The third kappa shape index (κ3) is 5.11. The first kappa shape index (κ1) is 16.4. The van der Waals surface area contributed by atoms with Gasteiger partial charge in [-0.1, -0.05) is 13.8 Å². The smallest absolute Gasteiger partial charge is 0.237 e. The average Bonchev–Trinajstić information content (AvgIpc) is 2.45. The van der Waals surface area contributed by atoms with Crippen LogP contribution in [0.1, 0.15) is 46.5 Å². The van der Waals surface area contributed by atoms with Crippen LogP contribution in [0, 0.1) is 5.92 Å². The lowest BCUT2D eigenvalue weighted by atomic mass is 9.95. The first-order valence-electron chi connectivity index (χ1n) is 7.81. The lowest BCUT2D eigenvalue weighted by Crippen LogP contribution is -2.50. The van der Waals surface area contributed by atoms with Gasteiger partial charge < -0.3 is 10.6 Å². The van der Waals surface area contributed by atoms with E-state index in [2.05, 4.69) is 29.4 Å². The fraction of sp³-hybridized carbons (Fsp3) is 0.933. The molecule has 1 amide bonds. The summed E-state index contributed by atoms with van der Waals surface area (Å²) in [6.07, 6.45) is 4.42. The number of likely N-dealkylation sites (tertiary alicyclic amines) is 1. The Morgan fingerprint density at radius 2 is 1.84 bits per heavy atom. The Labute approximate surface area is 118 Å². The summed E-state index contributed by atoms with van der Waals surface area (Å²) in [4.78, 5) is 14.5. The number of carbonyl (C=O) groups is 1. The highest BCUT2D eigenvalue weighted by atomic mass is 16.2. The summed E-state index contributed by atoms with van der Waals surface area (Å²) in [5.74, 6) is 0.969. The fourth-order valence-corrected chi connectivity index (χ4v) is 2.81. The van der Waals surface area contributed by atoms with Gasteiger partial charge in [-0.2, -0.15) is 0 Å². The van der Waals surface area contributed by atoms with Crippen molar-refractivity contribution < 1.29 is 4.79 Å². The minimum Gasteiger partial charge on any atom is -0.352 e. The van der Waals surface area contributed by atoms with Crippen LogP contribution in [0.4, 0.5) is 0 Å². The van der Waals surface area contributed by atoms with E-state index in [9.17, 15) is 4.79 Å². The van der Waals surface area contributed by atoms with Crippen LogP contribution in [0.15, 0.2) is 0 Å². The third-order valence-corrected chi connectivity index (χ3v) is 4.40. The summed E-state index contributed by atoms with van der Waals surface area (Å²) in [5, 5.41) is 6.40. The maximum atomic E-state index is 12.2. The van der Waals surface area contributed by atoms with Crippen molar-refractivity contribution in [1.82, 2.24) is 15.5 Å². The molecule has 0 bridgehead atoms. The minimum absolute atomic E-state index is 0.0103. The number of rotatable bonds is 7. The molecule has 1 atom stereocenters. The van der Waals surface area contributed by atoms with Crippen LogP contribution >= 0.6 is 0 Å². The van der Waals surface area contributed by atoms with Crippen molar-refractivity contribution in [3.63, 3.8) is 0 Å². The predicted molar refractivity (Wildman–Crippen MR) is 80.2 cm³/mol. The van der Waals surface area contributed by atoms with Crippen LogP contribution in [0.5, 0.6) is 0 Å². The van der Waals surface area contributed by atoms with Crippen molar-refractivity contribution in [2.45, 2.75) is 58.5 Å². The SMILES string of the molecule is CCC(CC)NC(=O)C(C)N1CCC(CNC)CC1. The van der Waals surface area contributed by atoms with Gasteiger partial charge in [-0.25, -0.2) is 0 Å². The van der Waals surface area contributed by atoms with E-state index >= 15 is 0 Å². The highest BCUT2D eigenvalue weighted by Crippen LogP contribution is 2.18. The summed E-state index contributed by atoms with van der Waals surface area (Å²) in [7, 11) is 2.01. The molecule has 0 aliphatic carbocycles. The Hall–Kier alpha value is -0.610. The van der Waals surface area contributed by atoms with E-state index in [1.54, 1.807) is 0 Å². The molecule has 1 aliphatic heterocycles. The van der Waals surface area contributed by atoms with Gasteiger partial charge in [0.15, 0.2) is 0 Å². The van der Waals surface area contributed by atoms with Gasteiger partial charge in [-0.15, -0.1) is 0 Å². The van der Waals surface area contributed by atoms with E-state index in [1.807, 2.05) is 14.0 Å². The van der Waals surface area contributed by atoms with Crippen LogP contribution in [0.3, 0.4) is 0 Å². The zero-order valence-corrected chi connectivity index (χ0v) is 13.0. The van der Waals surface area contributed by atoms with Gasteiger partial charge in [0.2, 0.25) is 5.91 Å². The third-order valence-electron chi connectivity index (χ3n) is 4.40. The number of carbonyl (C=O) groups excluding carboxylic acids is 1. The summed E-state index contributed by atoms with van der Waals surface area (Å²) in [6, 6.07) is 0.341. The van der Waals surface area contributed by atoms with Crippen LogP contribution in [-0.4, -0.2) is 49.6 Å². The van der Waals surface area contributed by atoms with E-state index in [1.165, 1.54) is 12.8 Å². The fourth-order valence-electron chi connectivity index (χ4n) is 2.81. The number of nitrogens with one attached hydrogen (secondary N) is 2. The molecule has 0 aromatic rings. The summed E-state index contributed by atoms with van der Waals surface area (Å²) in [5.41, 5.74) is 0. The topological polar surface area (TPSA) is 44.4 Å². The molecule has 1 saturated heterocycles. The van der Waals surface area contributed by atoms with Gasteiger partial charge in [0.05, 0.1) is 6.04 Å². The molecule has 0 aromatic heterocycles. The molecule has 1 heterocycles. The quantitative estimate of drug-likeness (QED) is 0.738. The molecule has 0 saturated carbocycles. The molecule has 1 fully saturated rings. The summed E-state index contributed by atoms with van der Waals surface area (Å²) >= 11 is 0. The lowest BCUT2D eigenvalue weighted by molar-refractivity contribution is -0.127. The first-order chi connectivity index (χ1) is 9.12. The van der Waals surface area contributed by atoms with E-state index in [-0.39, 0.29) is 11.9 Å². The Kier molecular flexibility index (Phi) is 7.39. The zero-order valence-electron chi connectivity index (χ0n) is 13.0. The number of piperidine rings is 1. The molecule has 112 valence electrons. The predicted octanol–water partition coefficient (Wildman–Crippen LogP) is 1.61. The van der Waals surface area contributed by atoms with Crippen molar-refractivity contribution in [2.24, 2.45) is 5.92 Å². The molecule has 0 aromatic carbocycles. The second-order valence-corrected chi connectivity index (χ2v) is 5.74. The van der Waals surface area contributed by atoms with E-state index in [0.717, 1.165) is 38.4 Å². The minimum atomic E-state index is 0.0103. The molecule has 4 nitrogen and oxygen atoms in total.